The zero-order valence-corrected chi connectivity index (χ0v) is 11.0. The van der Waals surface area contributed by atoms with Gasteiger partial charge >= 0.3 is 0 Å². The van der Waals surface area contributed by atoms with Crippen molar-refractivity contribution < 1.29 is 13.2 Å². The Labute approximate surface area is 106 Å². The van der Waals surface area contributed by atoms with E-state index in [1.807, 2.05) is 0 Å². The second kappa shape index (κ2) is 4.37. The van der Waals surface area contributed by atoms with Crippen molar-refractivity contribution >= 4 is 21.4 Å². The first-order valence-electron chi connectivity index (χ1n) is 5.69. The molecule has 1 aliphatic rings. The molecule has 5 nitrogen and oxygen atoms in total. The highest BCUT2D eigenvalue weighted by atomic mass is 32.2. The Hall–Kier alpha value is -1.40. The summed E-state index contributed by atoms with van der Waals surface area (Å²) < 4.78 is 22.6. The monoisotopic (exact) mass is 268 g/mol. The Kier molecular flexibility index (Phi) is 3.16. The lowest BCUT2D eigenvalue weighted by Gasteiger charge is -2.12. The smallest absolute Gasteiger partial charge is 0.231 e. The summed E-state index contributed by atoms with van der Waals surface area (Å²) >= 11 is 0. The van der Waals surface area contributed by atoms with E-state index >= 15 is 0 Å². The van der Waals surface area contributed by atoms with E-state index in [0.29, 0.717) is 12.2 Å². The van der Waals surface area contributed by atoms with Crippen molar-refractivity contribution in [1.82, 2.24) is 0 Å². The van der Waals surface area contributed by atoms with Gasteiger partial charge in [-0.15, -0.1) is 0 Å². The number of hydrogen-bond acceptors (Lipinski definition) is 4. The van der Waals surface area contributed by atoms with E-state index in [4.69, 9.17) is 5.73 Å². The number of anilines is 1. The Morgan fingerprint density at radius 2 is 1.89 bits per heavy atom. The number of amides is 1. The standard InChI is InChI=1S/C12H16N2O3S/c1-18(16,17)10-4-2-9(3-5-10)14-11(15)12(8-13)6-7-12/h2-5H,6-8,13H2,1H3,(H,14,15). The van der Waals surface area contributed by atoms with Crippen molar-refractivity contribution in [3.63, 3.8) is 0 Å². The van der Waals surface area contributed by atoms with E-state index in [1.165, 1.54) is 12.1 Å². The van der Waals surface area contributed by atoms with E-state index < -0.39 is 15.3 Å². The van der Waals surface area contributed by atoms with Gasteiger partial charge in [0.1, 0.15) is 0 Å². The van der Waals surface area contributed by atoms with Crippen molar-refractivity contribution in [2.24, 2.45) is 11.1 Å². The minimum absolute atomic E-state index is 0.0860. The predicted octanol–water partition coefficient (Wildman–Crippen LogP) is 0.767. The van der Waals surface area contributed by atoms with Crippen molar-refractivity contribution in [1.29, 1.82) is 0 Å². The van der Waals surface area contributed by atoms with Crippen LogP contribution in [-0.4, -0.2) is 27.1 Å². The van der Waals surface area contributed by atoms with Crippen LogP contribution >= 0.6 is 0 Å². The molecule has 0 radical (unpaired) electrons. The summed E-state index contributed by atoms with van der Waals surface area (Å²) in [6, 6.07) is 6.13. The van der Waals surface area contributed by atoms with Gasteiger partial charge < -0.3 is 11.1 Å². The molecule has 0 bridgehead atoms. The van der Waals surface area contributed by atoms with Crippen molar-refractivity contribution in [2.45, 2.75) is 17.7 Å². The number of carbonyl (C=O) groups excluding carboxylic acids is 1. The molecule has 1 aliphatic carbocycles. The highest BCUT2D eigenvalue weighted by Crippen LogP contribution is 2.45. The molecule has 0 saturated heterocycles. The van der Waals surface area contributed by atoms with Gasteiger partial charge in [0.25, 0.3) is 0 Å². The first kappa shape index (κ1) is 13.0. The number of hydrogen-bond donors (Lipinski definition) is 2. The fourth-order valence-electron chi connectivity index (χ4n) is 1.72. The van der Waals surface area contributed by atoms with E-state index in [-0.39, 0.29) is 10.8 Å². The number of nitrogens with two attached hydrogens (primary N) is 1. The van der Waals surface area contributed by atoms with Gasteiger partial charge in [-0.1, -0.05) is 0 Å². The molecule has 2 rings (SSSR count). The number of nitrogens with one attached hydrogen (secondary N) is 1. The van der Waals surface area contributed by atoms with Crippen LogP contribution in [0.3, 0.4) is 0 Å². The molecule has 98 valence electrons. The Morgan fingerprint density at radius 3 is 2.28 bits per heavy atom. The summed E-state index contributed by atoms with van der Waals surface area (Å²) in [5.41, 5.74) is 5.75. The van der Waals surface area contributed by atoms with Gasteiger partial charge in [0.2, 0.25) is 5.91 Å². The molecule has 1 amide bonds. The average molecular weight is 268 g/mol. The van der Waals surface area contributed by atoms with Crippen LogP contribution in [-0.2, 0) is 14.6 Å². The minimum atomic E-state index is -3.20. The van der Waals surface area contributed by atoms with Crippen molar-refractivity contribution in [3.8, 4) is 0 Å². The summed E-state index contributed by atoms with van der Waals surface area (Å²) in [6.07, 6.45) is 2.78. The fraction of sp³-hybridized carbons (Fsp3) is 0.417. The van der Waals surface area contributed by atoms with E-state index in [0.717, 1.165) is 19.1 Å². The van der Waals surface area contributed by atoms with Crippen LogP contribution in [0.5, 0.6) is 0 Å². The molecular formula is C12H16N2O3S. The number of sulfone groups is 1. The molecular weight excluding hydrogens is 252 g/mol. The number of benzene rings is 1. The fourth-order valence-corrected chi connectivity index (χ4v) is 2.35. The number of rotatable bonds is 4. The average Bonchev–Trinajstić information content (AvgIpc) is 3.09. The van der Waals surface area contributed by atoms with Crippen LogP contribution in [0.1, 0.15) is 12.8 Å². The van der Waals surface area contributed by atoms with Crippen LogP contribution in [0, 0.1) is 5.41 Å². The van der Waals surface area contributed by atoms with Crippen LogP contribution in [0.15, 0.2) is 29.2 Å². The molecule has 1 aromatic rings. The van der Waals surface area contributed by atoms with Gasteiger partial charge in [0, 0.05) is 18.5 Å². The van der Waals surface area contributed by atoms with Crippen LogP contribution in [0.4, 0.5) is 5.69 Å². The molecule has 0 heterocycles. The normalized spacial score (nSPS) is 17.2. The third-order valence-corrected chi connectivity index (χ3v) is 4.39. The molecule has 0 aromatic heterocycles. The molecule has 0 aliphatic heterocycles. The van der Waals surface area contributed by atoms with E-state index in [2.05, 4.69) is 5.32 Å². The molecule has 3 N–H and O–H groups in total. The summed E-state index contributed by atoms with van der Waals surface area (Å²) in [5, 5.41) is 2.76. The second-order valence-corrected chi connectivity index (χ2v) is 6.75. The Morgan fingerprint density at radius 1 is 1.33 bits per heavy atom. The van der Waals surface area contributed by atoms with Gasteiger partial charge in [0.05, 0.1) is 10.3 Å². The van der Waals surface area contributed by atoms with Crippen LogP contribution in [0.25, 0.3) is 0 Å². The third kappa shape index (κ3) is 2.54. The summed E-state index contributed by atoms with van der Waals surface area (Å²) in [7, 11) is -3.20. The largest absolute Gasteiger partial charge is 0.329 e. The first-order chi connectivity index (χ1) is 8.37. The van der Waals surface area contributed by atoms with Gasteiger partial charge in [0.15, 0.2) is 9.84 Å². The zero-order chi connectivity index (χ0) is 13.4. The third-order valence-electron chi connectivity index (χ3n) is 3.27. The topological polar surface area (TPSA) is 89.3 Å². The van der Waals surface area contributed by atoms with E-state index in [1.54, 1.807) is 12.1 Å². The number of carbonyl (C=O) groups is 1. The highest BCUT2D eigenvalue weighted by Gasteiger charge is 2.48. The lowest BCUT2D eigenvalue weighted by Crippen LogP contribution is -2.30. The maximum absolute atomic E-state index is 11.9. The van der Waals surface area contributed by atoms with Gasteiger partial charge in [-0.2, -0.15) is 0 Å². The Bertz CT molecular complexity index is 559. The highest BCUT2D eigenvalue weighted by molar-refractivity contribution is 7.90. The van der Waals surface area contributed by atoms with Crippen LogP contribution < -0.4 is 11.1 Å². The van der Waals surface area contributed by atoms with E-state index in [9.17, 15) is 13.2 Å². The molecule has 1 fully saturated rings. The zero-order valence-electron chi connectivity index (χ0n) is 10.1. The molecule has 18 heavy (non-hydrogen) atoms. The molecule has 1 aromatic carbocycles. The first-order valence-corrected chi connectivity index (χ1v) is 7.58. The summed E-state index contributed by atoms with van der Waals surface area (Å²) in [5.74, 6) is -0.0860. The SMILES string of the molecule is CS(=O)(=O)c1ccc(NC(=O)C2(CN)CC2)cc1. The maximum atomic E-state index is 11.9. The molecule has 0 atom stereocenters. The minimum Gasteiger partial charge on any atom is -0.329 e. The van der Waals surface area contributed by atoms with Crippen molar-refractivity contribution in [3.05, 3.63) is 24.3 Å². The van der Waals surface area contributed by atoms with Gasteiger partial charge in [-0.25, -0.2) is 8.42 Å². The molecule has 6 heteroatoms. The maximum Gasteiger partial charge on any atom is 0.231 e. The molecule has 1 saturated carbocycles. The quantitative estimate of drug-likeness (QED) is 0.844. The summed E-state index contributed by atoms with van der Waals surface area (Å²) in [4.78, 5) is 12.1. The van der Waals surface area contributed by atoms with Crippen LogP contribution in [0.2, 0.25) is 0 Å². The summed E-state index contributed by atoms with van der Waals surface area (Å²) in [6.45, 7) is 0.347. The van der Waals surface area contributed by atoms with Gasteiger partial charge in [-0.3, -0.25) is 4.79 Å². The molecule has 0 spiro atoms. The lowest BCUT2D eigenvalue weighted by atomic mass is 10.1. The van der Waals surface area contributed by atoms with Crippen molar-refractivity contribution in [2.75, 3.05) is 18.1 Å². The second-order valence-electron chi connectivity index (χ2n) is 4.74. The predicted molar refractivity (Wildman–Crippen MR) is 68.9 cm³/mol. The lowest BCUT2D eigenvalue weighted by molar-refractivity contribution is -0.120. The molecule has 0 unspecified atom stereocenters. The van der Waals surface area contributed by atoms with Gasteiger partial charge in [-0.05, 0) is 37.1 Å². The Balaban J connectivity index is 2.10.